The molecule has 9 heteroatoms. The van der Waals surface area contributed by atoms with E-state index in [1.165, 1.54) is 61.2 Å². The molecule has 1 aromatic carbocycles. The van der Waals surface area contributed by atoms with Gasteiger partial charge in [0.15, 0.2) is 5.84 Å². The molecule has 1 fully saturated rings. The van der Waals surface area contributed by atoms with Crippen LogP contribution in [-0.4, -0.2) is 32.9 Å². The van der Waals surface area contributed by atoms with Crippen LogP contribution >= 0.6 is 11.8 Å². The highest BCUT2D eigenvalue weighted by Gasteiger charge is 2.35. The standard InChI is InChI=1S/C25H24N4O4S/c26-22-19(15-17-8-11-18(12-9-17)33-24(31)20-7-4-14-32-20)23(30)27-25-29(22)28-21(34-25)13-10-16-5-2-1-3-6-16/h4,7-9,11-12,14-16,26H,1-3,5-6,10,13H2/b19-15+,26-22?. The molecule has 2 aliphatic heterocycles. The molecule has 1 aliphatic carbocycles. The van der Waals surface area contributed by atoms with Gasteiger partial charge in [-0.05, 0) is 66.4 Å². The molecule has 1 amide bonds. The van der Waals surface area contributed by atoms with Crippen LogP contribution in [0.25, 0.3) is 6.08 Å². The number of esters is 1. The normalized spacial score (nSPS) is 19.8. The minimum atomic E-state index is -0.592. The molecule has 8 nitrogen and oxygen atoms in total. The molecule has 3 heterocycles. The Balaban J connectivity index is 1.25. The predicted octanol–water partition coefficient (Wildman–Crippen LogP) is 5.48. The van der Waals surface area contributed by atoms with Crippen molar-refractivity contribution in [3.8, 4) is 5.75 Å². The van der Waals surface area contributed by atoms with Crippen LogP contribution in [0.1, 0.15) is 61.1 Å². The smallest absolute Gasteiger partial charge is 0.379 e. The van der Waals surface area contributed by atoms with Gasteiger partial charge in [-0.3, -0.25) is 10.2 Å². The molecular weight excluding hydrogens is 452 g/mol. The summed E-state index contributed by atoms with van der Waals surface area (Å²) >= 11 is 1.39. The Morgan fingerprint density at radius 3 is 2.74 bits per heavy atom. The van der Waals surface area contributed by atoms with E-state index < -0.39 is 11.9 Å². The van der Waals surface area contributed by atoms with E-state index in [9.17, 15) is 9.59 Å². The first-order valence-electron chi connectivity index (χ1n) is 11.4. The molecule has 0 atom stereocenters. The second-order valence-electron chi connectivity index (χ2n) is 8.49. The molecule has 0 radical (unpaired) electrons. The number of furan rings is 1. The number of carbonyl (C=O) groups is 2. The minimum Gasteiger partial charge on any atom is -0.457 e. The number of amides is 1. The monoisotopic (exact) mass is 476 g/mol. The summed E-state index contributed by atoms with van der Waals surface area (Å²) in [5.74, 6) is 0.171. The zero-order valence-electron chi connectivity index (χ0n) is 18.5. The van der Waals surface area contributed by atoms with Gasteiger partial charge < -0.3 is 9.15 Å². The molecule has 0 spiro atoms. The molecule has 1 N–H and O–H groups in total. The summed E-state index contributed by atoms with van der Waals surface area (Å²) in [4.78, 5) is 28.8. The molecule has 1 saturated carbocycles. The van der Waals surface area contributed by atoms with Crippen molar-refractivity contribution < 1.29 is 18.7 Å². The largest absolute Gasteiger partial charge is 0.457 e. The molecule has 3 aliphatic rings. The van der Waals surface area contributed by atoms with Crippen molar-refractivity contribution in [1.29, 1.82) is 5.41 Å². The Morgan fingerprint density at radius 1 is 1.21 bits per heavy atom. The van der Waals surface area contributed by atoms with Crippen molar-refractivity contribution in [2.24, 2.45) is 16.0 Å². The SMILES string of the molecule is N=C1/C(=C\c2ccc(OC(=O)c3ccco3)cc2)C(=O)N=C2SC(CCC3CCCCC3)=NN12. The lowest BCUT2D eigenvalue weighted by atomic mass is 9.86. The molecule has 174 valence electrons. The molecule has 0 saturated heterocycles. The summed E-state index contributed by atoms with van der Waals surface area (Å²) in [5.41, 5.74) is 0.847. The number of amidine groups is 2. The number of nitrogens with one attached hydrogen (secondary N) is 1. The number of carbonyl (C=O) groups excluding carboxylic acids is 2. The molecular formula is C25H24N4O4S. The van der Waals surface area contributed by atoms with Crippen LogP contribution in [0.5, 0.6) is 5.75 Å². The van der Waals surface area contributed by atoms with Gasteiger partial charge in [0, 0.05) is 0 Å². The van der Waals surface area contributed by atoms with Crippen molar-refractivity contribution in [3.63, 3.8) is 0 Å². The fourth-order valence-electron chi connectivity index (χ4n) is 4.29. The lowest BCUT2D eigenvalue weighted by molar-refractivity contribution is -0.114. The van der Waals surface area contributed by atoms with E-state index in [-0.39, 0.29) is 17.2 Å². The van der Waals surface area contributed by atoms with Gasteiger partial charge in [0.2, 0.25) is 10.9 Å². The van der Waals surface area contributed by atoms with E-state index in [0.29, 0.717) is 16.5 Å². The van der Waals surface area contributed by atoms with Crippen LogP contribution in [0.15, 0.2) is 62.7 Å². The summed E-state index contributed by atoms with van der Waals surface area (Å²) < 4.78 is 10.3. The summed E-state index contributed by atoms with van der Waals surface area (Å²) in [5, 5.41) is 15.9. The fraction of sp³-hybridized carbons (Fsp3) is 0.320. The van der Waals surface area contributed by atoms with E-state index in [2.05, 4.69) is 10.1 Å². The predicted molar refractivity (Wildman–Crippen MR) is 131 cm³/mol. The molecule has 1 aromatic heterocycles. The highest BCUT2D eigenvalue weighted by molar-refractivity contribution is 8.26. The number of hydrogen-bond donors (Lipinski definition) is 1. The first kappa shape index (κ1) is 22.3. The van der Waals surface area contributed by atoms with Gasteiger partial charge in [-0.2, -0.15) is 15.1 Å². The molecule has 0 unspecified atom stereocenters. The Hall–Kier alpha value is -3.46. The van der Waals surface area contributed by atoms with Crippen LogP contribution in [0, 0.1) is 11.3 Å². The van der Waals surface area contributed by atoms with Gasteiger partial charge in [-0.1, -0.05) is 44.2 Å². The number of hydrazone groups is 1. The number of thioether (sulfide) groups is 1. The van der Waals surface area contributed by atoms with Gasteiger partial charge in [0.25, 0.3) is 5.91 Å². The van der Waals surface area contributed by atoms with E-state index in [1.54, 1.807) is 36.4 Å². The number of benzene rings is 1. The van der Waals surface area contributed by atoms with E-state index >= 15 is 0 Å². The fourth-order valence-corrected chi connectivity index (χ4v) is 5.19. The van der Waals surface area contributed by atoms with Crippen LogP contribution < -0.4 is 4.74 Å². The average molecular weight is 477 g/mol. The third-order valence-electron chi connectivity index (χ3n) is 6.11. The van der Waals surface area contributed by atoms with Crippen molar-refractivity contribution >= 4 is 45.8 Å². The number of hydrogen-bond acceptors (Lipinski definition) is 7. The van der Waals surface area contributed by atoms with Crippen LogP contribution in [0.3, 0.4) is 0 Å². The van der Waals surface area contributed by atoms with Gasteiger partial charge in [0.1, 0.15) is 10.8 Å². The second-order valence-corrected chi connectivity index (χ2v) is 9.53. The maximum absolute atomic E-state index is 12.6. The number of rotatable bonds is 6. The second kappa shape index (κ2) is 9.80. The zero-order chi connectivity index (χ0) is 23.5. The third-order valence-corrected chi connectivity index (χ3v) is 7.08. The zero-order valence-corrected chi connectivity index (χ0v) is 19.3. The average Bonchev–Trinajstić information content (AvgIpc) is 3.53. The van der Waals surface area contributed by atoms with Gasteiger partial charge in [-0.25, -0.2) is 4.79 Å². The van der Waals surface area contributed by atoms with E-state index in [4.69, 9.17) is 14.6 Å². The van der Waals surface area contributed by atoms with Crippen molar-refractivity contribution in [2.45, 2.75) is 44.9 Å². The molecule has 5 rings (SSSR count). The topological polar surface area (TPSA) is 108 Å². The number of nitrogens with zero attached hydrogens (tertiary/aromatic N) is 3. The van der Waals surface area contributed by atoms with E-state index in [0.717, 1.165) is 23.8 Å². The Labute approximate surface area is 201 Å². The maximum Gasteiger partial charge on any atom is 0.379 e. The summed E-state index contributed by atoms with van der Waals surface area (Å²) in [6, 6.07) is 9.78. The van der Waals surface area contributed by atoms with E-state index in [1.807, 2.05) is 0 Å². The van der Waals surface area contributed by atoms with Crippen molar-refractivity contribution in [2.75, 3.05) is 0 Å². The molecule has 34 heavy (non-hydrogen) atoms. The van der Waals surface area contributed by atoms with Crippen LogP contribution in [0.4, 0.5) is 0 Å². The highest BCUT2D eigenvalue weighted by Crippen LogP contribution is 2.33. The lowest BCUT2D eigenvalue weighted by Crippen LogP contribution is -2.35. The van der Waals surface area contributed by atoms with Crippen molar-refractivity contribution in [3.05, 3.63) is 59.6 Å². The van der Waals surface area contributed by atoms with Crippen LogP contribution in [-0.2, 0) is 4.79 Å². The van der Waals surface area contributed by atoms with Gasteiger partial charge in [0.05, 0.1) is 11.8 Å². The Morgan fingerprint density at radius 2 is 2.00 bits per heavy atom. The summed E-state index contributed by atoms with van der Waals surface area (Å²) in [6.45, 7) is 0. The minimum absolute atomic E-state index is 0.0171. The molecule has 2 aromatic rings. The highest BCUT2D eigenvalue weighted by atomic mass is 32.2. The first-order chi connectivity index (χ1) is 16.6. The lowest BCUT2D eigenvalue weighted by Gasteiger charge is -2.20. The first-order valence-corrected chi connectivity index (χ1v) is 12.2. The summed E-state index contributed by atoms with van der Waals surface area (Å²) in [7, 11) is 0. The third kappa shape index (κ3) is 4.89. The number of ether oxygens (including phenoxy) is 1. The molecule has 0 bridgehead atoms. The number of fused-ring (bicyclic) bond motifs is 1. The number of aliphatic imine (C=N–C) groups is 1. The van der Waals surface area contributed by atoms with Gasteiger partial charge >= 0.3 is 5.97 Å². The summed E-state index contributed by atoms with van der Waals surface area (Å²) in [6.07, 6.45) is 11.5. The van der Waals surface area contributed by atoms with Gasteiger partial charge in [-0.15, -0.1) is 0 Å². The van der Waals surface area contributed by atoms with Crippen molar-refractivity contribution in [1.82, 2.24) is 5.01 Å². The maximum atomic E-state index is 12.6. The Kier molecular flexibility index (Phi) is 6.44. The Bertz CT molecular complexity index is 1190. The van der Waals surface area contributed by atoms with Crippen LogP contribution in [0.2, 0.25) is 0 Å². The quantitative estimate of drug-likeness (QED) is 0.336.